The van der Waals surface area contributed by atoms with Crippen molar-refractivity contribution in [3.8, 4) is 12.3 Å². The van der Waals surface area contributed by atoms with Crippen LogP contribution < -0.4 is 0 Å². The van der Waals surface area contributed by atoms with Gasteiger partial charge in [0.2, 0.25) is 0 Å². The Morgan fingerprint density at radius 1 is 1.44 bits per heavy atom. The van der Waals surface area contributed by atoms with Gasteiger partial charge in [0.15, 0.2) is 0 Å². The molecule has 1 aliphatic rings. The molecule has 3 heteroatoms. The Balaban J connectivity index is 2.97. The number of hydrogen-bond acceptors (Lipinski definition) is 3. The average Bonchev–Trinajstić information content (AvgIpc) is 2.43. The molecular formula is C15H22O3. The van der Waals surface area contributed by atoms with Crippen LogP contribution in [0.5, 0.6) is 0 Å². The highest BCUT2D eigenvalue weighted by Gasteiger charge is 2.55. The number of esters is 1. The molecule has 1 aliphatic carbocycles. The lowest BCUT2D eigenvalue weighted by atomic mass is 9.76. The Hall–Kier alpha value is -1.27. The van der Waals surface area contributed by atoms with Crippen LogP contribution in [-0.4, -0.2) is 23.3 Å². The van der Waals surface area contributed by atoms with Gasteiger partial charge in [0.1, 0.15) is 5.60 Å². The molecule has 1 fully saturated rings. The van der Waals surface area contributed by atoms with Crippen molar-refractivity contribution in [2.75, 3.05) is 6.61 Å². The van der Waals surface area contributed by atoms with E-state index in [9.17, 15) is 9.90 Å². The molecule has 0 amide bonds. The van der Waals surface area contributed by atoms with E-state index in [4.69, 9.17) is 11.2 Å². The van der Waals surface area contributed by atoms with Crippen LogP contribution in [0.1, 0.15) is 40.5 Å². The summed E-state index contributed by atoms with van der Waals surface area (Å²) >= 11 is 0. The van der Waals surface area contributed by atoms with E-state index in [1.165, 1.54) is 6.08 Å². The Kier molecular flexibility index (Phi) is 3.92. The summed E-state index contributed by atoms with van der Waals surface area (Å²) in [5, 5.41) is 10.6. The molecule has 3 nitrogen and oxygen atoms in total. The number of hydrogen-bond donors (Lipinski definition) is 1. The minimum Gasteiger partial charge on any atom is -0.463 e. The van der Waals surface area contributed by atoms with Crippen molar-refractivity contribution in [1.82, 2.24) is 0 Å². The molecule has 0 bridgehead atoms. The summed E-state index contributed by atoms with van der Waals surface area (Å²) in [6.07, 6.45) is 9.80. The third kappa shape index (κ3) is 2.76. The van der Waals surface area contributed by atoms with E-state index < -0.39 is 17.0 Å². The van der Waals surface area contributed by atoms with E-state index in [1.54, 1.807) is 13.0 Å². The van der Waals surface area contributed by atoms with Crippen LogP contribution in [0.3, 0.4) is 0 Å². The highest BCUT2D eigenvalue weighted by molar-refractivity contribution is 5.82. The molecular weight excluding hydrogens is 228 g/mol. The third-order valence-electron chi connectivity index (χ3n) is 3.64. The van der Waals surface area contributed by atoms with E-state index in [2.05, 4.69) is 19.8 Å². The highest BCUT2D eigenvalue weighted by atomic mass is 16.5. The van der Waals surface area contributed by atoms with Gasteiger partial charge >= 0.3 is 5.97 Å². The fraction of sp³-hybridized carbons (Fsp3) is 0.667. The van der Waals surface area contributed by atoms with Crippen molar-refractivity contribution in [3.63, 3.8) is 0 Å². The molecule has 1 N–H and O–H groups in total. The van der Waals surface area contributed by atoms with Gasteiger partial charge in [-0.25, -0.2) is 4.79 Å². The fourth-order valence-corrected chi connectivity index (χ4v) is 2.95. The Morgan fingerprint density at radius 3 is 2.56 bits per heavy atom. The summed E-state index contributed by atoms with van der Waals surface area (Å²) in [6.45, 7) is 8.11. The van der Waals surface area contributed by atoms with Gasteiger partial charge in [-0.1, -0.05) is 32.8 Å². The van der Waals surface area contributed by atoms with Gasteiger partial charge in [-0.05, 0) is 25.2 Å². The second-order valence-electron chi connectivity index (χ2n) is 6.03. The summed E-state index contributed by atoms with van der Waals surface area (Å²) in [4.78, 5) is 11.4. The van der Waals surface area contributed by atoms with E-state index in [1.807, 2.05) is 6.92 Å². The fourth-order valence-electron chi connectivity index (χ4n) is 2.95. The molecule has 18 heavy (non-hydrogen) atoms. The molecule has 0 aromatic carbocycles. The second kappa shape index (κ2) is 4.78. The summed E-state index contributed by atoms with van der Waals surface area (Å²) < 4.78 is 4.84. The van der Waals surface area contributed by atoms with E-state index in [0.717, 1.165) is 6.42 Å². The van der Waals surface area contributed by atoms with Gasteiger partial charge < -0.3 is 9.84 Å². The van der Waals surface area contributed by atoms with E-state index in [-0.39, 0.29) is 5.41 Å². The maximum absolute atomic E-state index is 11.4. The molecule has 0 spiro atoms. The quantitative estimate of drug-likeness (QED) is 0.475. The predicted octanol–water partition coefficient (Wildman–Crippen LogP) is 2.30. The van der Waals surface area contributed by atoms with Gasteiger partial charge in [0, 0.05) is 11.5 Å². The molecule has 0 aliphatic heterocycles. The first-order valence-corrected chi connectivity index (χ1v) is 6.24. The van der Waals surface area contributed by atoms with Crippen LogP contribution in [-0.2, 0) is 9.53 Å². The molecule has 0 aromatic rings. The molecule has 0 heterocycles. The van der Waals surface area contributed by atoms with E-state index >= 15 is 0 Å². The number of terminal acetylenes is 1. The number of carbonyl (C=O) groups excluding carboxylic acids is 1. The summed E-state index contributed by atoms with van der Waals surface area (Å²) in [5.41, 5.74) is -1.85. The topological polar surface area (TPSA) is 46.5 Å². The standard InChI is InChI=1S/C15H22O3/c1-6-15(17)11-13(3,4)10-14(15,5)9-8-12(16)18-7-2/h1,8-9,17H,7,10-11H2,2-5H3/b9-8+/t14-,15-/m0/s1. The predicted molar refractivity (Wildman–Crippen MR) is 70.7 cm³/mol. The highest BCUT2D eigenvalue weighted by Crippen LogP contribution is 2.55. The zero-order valence-electron chi connectivity index (χ0n) is 11.6. The minimum atomic E-state index is -1.21. The third-order valence-corrected chi connectivity index (χ3v) is 3.64. The molecule has 0 saturated heterocycles. The molecule has 0 unspecified atom stereocenters. The monoisotopic (exact) mass is 250 g/mol. The average molecular weight is 250 g/mol. The van der Waals surface area contributed by atoms with Crippen LogP contribution in [0.15, 0.2) is 12.2 Å². The summed E-state index contributed by atoms with van der Waals surface area (Å²) in [7, 11) is 0. The first-order valence-electron chi connectivity index (χ1n) is 6.24. The molecule has 0 aromatic heterocycles. The lowest BCUT2D eigenvalue weighted by Gasteiger charge is -2.32. The number of rotatable bonds is 3. The molecule has 1 rings (SSSR count). The Bertz CT molecular complexity index is 402. The van der Waals surface area contributed by atoms with Crippen LogP contribution >= 0.6 is 0 Å². The van der Waals surface area contributed by atoms with Crippen LogP contribution in [0, 0.1) is 23.2 Å². The lowest BCUT2D eigenvalue weighted by Crippen LogP contribution is -2.39. The molecule has 100 valence electrons. The van der Waals surface area contributed by atoms with Crippen molar-refractivity contribution < 1.29 is 14.6 Å². The maximum atomic E-state index is 11.4. The minimum absolute atomic E-state index is 0.0468. The van der Waals surface area contributed by atoms with Crippen LogP contribution in [0.4, 0.5) is 0 Å². The van der Waals surface area contributed by atoms with Gasteiger partial charge in [0.05, 0.1) is 6.61 Å². The number of carbonyl (C=O) groups is 1. The van der Waals surface area contributed by atoms with Gasteiger partial charge in [-0.2, -0.15) is 0 Å². The van der Waals surface area contributed by atoms with Crippen molar-refractivity contribution in [1.29, 1.82) is 0 Å². The van der Waals surface area contributed by atoms with E-state index in [0.29, 0.717) is 13.0 Å². The Labute approximate surface area is 109 Å². The lowest BCUT2D eigenvalue weighted by molar-refractivity contribution is -0.137. The zero-order chi connectivity index (χ0) is 14.0. The van der Waals surface area contributed by atoms with Crippen molar-refractivity contribution in [2.45, 2.75) is 46.1 Å². The smallest absolute Gasteiger partial charge is 0.330 e. The number of ether oxygens (including phenoxy) is 1. The SMILES string of the molecule is C#C[C@]1(O)CC(C)(C)C[C@]1(C)/C=C/C(=O)OCC. The summed E-state index contributed by atoms with van der Waals surface area (Å²) in [5.74, 6) is 2.09. The number of aliphatic hydroxyl groups is 1. The largest absolute Gasteiger partial charge is 0.463 e. The van der Waals surface area contributed by atoms with Gasteiger partial charge in [0.25, 0.3) is 0 Å². The Morgan fingerprint density at radius 2 is 2.06 bits per heavy atom. The molecule has 1 saturated carbocycles. The molecule has 2 atom stereocenters. The normalized spacial score (nSPS) is 34.4. The summed E-state index contributed by atoms with van der Waals surface area (Å²) in [6, 6.07) is 0. The van der Waals surface area contributed by atoms with Crippen molar-refractivity contribution in [2.24, 2.45) is 10.8 Å². The van der Waals surface area contributed by atoms with Crippen LogP contribution in [0.2, 0.25) is 0 Å². The van der Waals surface area contributed by atoms with Gasteiger partial charge in [-0.3, -0.25) is 0 Å². The van der Waals surface area contributed by atoms with Crippen LogP contribution in [0.25, 0.3) is 0 Å². The molecule has 0 radical (unpaired) electrons. The second-order valence-corrected chi connectivity index (χ2v) is 6.03. The van der Waals surface area contributed by atoms with Crippen molar-refractivity contribution >= 4 is 5.97 Å². The van der Waals surface area contributed by atoms with Gasteiger partial charge in [-0.15, -0.1) is 6.42 Å². The maximum Gasteiger partial charge on any atom is 0.330 e. The first kappa shape index (κ1) is 14.8. The van der Waals surface area contributed by atoms with Crippen molar-refractivity contribution in [3.05, 3.63) is 12.2 Å². The zero-order valence-corrected chi connectivity index (χ0v) is 11.6. The first-order chi connectivity index (χ1) is 8.18.